The van der Waals surface area contributed by atoms with Crippen LogP contribution in [0.25, 0.3) is 11.4 Å². The molecule has 0 fully saturated rings. The van der Waals surface area contributed by atoms with Gasteiger partial charge in [0, 0.05) is 5.56 Å². The van der Waals surface area contributed by atoms with Gasteiger partial charge < -0.3 is 9.26 Å². The molecule has 0 saturated heterocycles. The van der Waals surface area contributed by atoms with Gasteiger partial charge in [0.15, 0.2) is 12.9 Å². The minimum absolute atomic E-state index is 0.115. The van der Waals surface area contributed by atoms with Crippen LogP contribution in [0.4, 0.5) is 0 Å². The molecular formula is C17H14N2O3. The normalized spacial score (nSPS) is 10.4. The lowest BCUT2D eigenvalue weighted by Crippen LogP contribution is -1.98. The van der Waals surface area contributed by atoms with E-state index in [1.807, 2.05) is 31.2 Å². The van der Waals surface area contributed by atoms with Crippen LogP contribution in [0.5, 0.6) is 5.75 Å². The van der Waals surface area contributed by atoms with Gasteiger partial charge in [-0.1, -0.05) is 41.1 Å². The highest BCUT2D eigenvalue weighted by Gasteiger charge is 2.10. The second-order valence-electron chi connectivity index (χ2n) is 4.83. The molecular weight excluding hydrogens is 280 g/mol. The van der Waals surface area contributed by atoms with Crippen molar-refractivity contribution in [3.8, 4) is 17.1 Å². The molecule has 22 heavy (non-hydrogen) atoms. The quantitative estimate of drug-likeness (QED) is 0.674. The number of carbonyl (C=O) groups excluding carboxylic acids is 1. The summed E-state index contributed by atoms with van der Waals surface area (Å²) in [7, 11) is 0. The minimum atomic E-state index is 0.115. The summed E-state index contributed by atoms with van der Waals surface area (Å²) in [5.74, 6) is 1.37. The van der Waals surface area contributed by atoms with Crippen LogP contribution in [0, 0.1) is 6.92 Å². The molecule has 1 heterocycles. The minimum Gasteiger partial charge on any atom is -0.483 e. The van der Waals surface area contributed by atoms with E-state index in [0.29, 0.717) is 23.0 Å². The van der Waals surface area contributed by atoms with Gasteiger partial charge in [-0.05, 0) is 25.1 Å². The van der Waals surface area contributed by atoms with E-state index < -0.39 is 0 Å². The van der Waals surface area contributed by atoms with Gasteiger partial charge in [-0.15, -0.1) is 0 Å². The standard InChI is InChI=1S/C17H14N2O3/c1-12-5-4-7-13(9-12)17-18-16(22-19-17)11-21-15-8-3-2-6-14(15)10-20/h2-10H,11H2,1H3. The first kappa shape index (κ1) is 14.0. The van der Waals surface area contributed by atoms with E-state index in [0.717, 1.165) is 17.4 Å². The van der Waals surface area contributed by atoms with Gasteiger partial charge in [-0.2, -0.15) is 4.98 Å². The maximum Gasteiger partial charge on any atom is 0.264 e. The van der Waals surface area contributed by atoms with Crippen LogP contribution in [0.15, 0.2) is 53.1 Å². The highest BCUT2D eigenvalue weighted by atomic mass is 16.5. The fourth-order valence-corrected chi connectivity index (χ4v) is 2.06. The highest BCUT2D eigenvalue weighted by molar-refractivity contribution is 5.79. The second-order valence-corrected chi connectivity index (χ2v) is 4.83. The monoisotopic (exact) mass is 294 g/mol. The summed E-state index contributed by atoms with van der Waals surface area (Å²) in [5.41, 5.74) is 2.50. The number of ether oxygens (including phenoxy) is 1. The molecule has 0 radical (unpaired) electrons. The number of carbonyl (C=O) groups is 1. The van der Waals surface area contributed by atoms with Crippen LogP contribution in [0.3, 0.4) is 0 Å². The predicted molar refractivity (Wildman–Crippen MR) is 80.6 cm³/mol. The first-order valence-electron chi connectivity index (χ1n) is 6.83. The molecule has 0 aliphatic carbocycles. The van der Waals surface area contributed by atoms with Gasteiger partial charge in [-0.25, -0.2) is 0 Å². The lowest BCUT2D eigenvalue weighted by molar-refractivity contribution is 0.111. The average Bonchev–Trinajstić information content (AvgIpc) is 3.02. The maximum absolute atomic E-state index is 10.9. The summed E-state index contributed by atoms with van der Waals surface area (Å²) in [5, 5.41) is 3.95. The number of aromatic nitrogens is 2. The van der Waals surface area contributed by atoms with Gasteiger partial charge >= 0.3 is 0 Å². The van der Waals surface area contributed by atoms with Gasteiger partial charge in [-0.3, -0.25) is 4.79 Å². The first-order chi connectivity index (χ1) is 10.8. The Morgan fingerprint density at radius 2 is 2.05 bits per heavy atom. The molecule has 0 bridgehead atoms. The average molecular weight is 294 g/mol. The van der Waals surface area contributed by atoms with Crippen LogP contribution in [0.2, 0.25) is 0 Å². The Balaban J connectivity index is 1.73. The topological polar surface area (TPSA) is 65.2 Å². The molecule has 2 aromatic carbocycles. The van der Waals surface area contributed by atoms with E-state index in [4.69, 9.17) is 9.26 Å². The van der Waals surface area contributed by atoms with Crippen molar-refractivity contribution in [1.82, 2.24) is 10.1 Å². The van der Waals surface area contributed by atoms with E-state index >= 15 is 0 Å². The summed E-state index contributed by atoms with van der Waals surface area (Å²) < 4.78 is 10.7. The molecule has 0 aliphatic heterocycles. The van der Waals surface area contributed by atoms with Crippen LogP contribution in [-0.4, -0.2) is 16.4 Å². The largest absolute Gasteiger partial charge is 0.483 e. The lowest BCUT2D eigenvalue weighted by atomic mass is 10.1. The summed E-state index contributed by atoms with van der Waals surface area (Å²) in [6.07, 6.45) is 0.751. The van der Waals surface area contributed by atoms with E-state index in [2.05, 4.69) is 10.1 Å². The van der Waals surface area contributed by atoms with Crippen LogP contribution < -0.4 is 4.74 Å². The fraction of sp³-hybridized carbons (Fsp3) is 0.118. The van der Waals surface area contributed by atoms with Crippen molar-refractivity contribution in [2.24, 2.45) is 0 Å². The number of hydrogen-bond acceptors (Lipinski definition) is 5. The van der Waals surface area contributed by atoms with E-state index in [1.165, 1.54) is 0 Å². The van der Waals surface area contributed by atoms with Crippen molar-refractivity contribution in [1.29, 1.82) is 0 Å². The number of rotatable bonds is 5. The van der Waals surface area contributed by atoms with E-state index in [9.17, 15) is 4.79 Å². The highest BCUT2D eigenvalue weighted by Crippen LogP contribution is 2.19. The van der Waals surface area contributed by atoms with Crippen LogP contribution in [0.1, 0.15) is 21.8 Å². The molecule has 5 heteroatoms. The van der Waals surface area contributed by atoms with Crippen molar-refractivity contribution >= 4 is 6.29 Å². The summed E-state index contributed by atoms with van der Waals surface area (Å²) in [6, 6.07) is 14.8. The molecule has 3 rings (SSSR count). The Labute approximate surface area is 127 Å². The molecule has 0 spiro atoms. The third-order valence-electron chi connectivity index (χ3n) is 3.14. The Morgan fingerprint density at radius 1 is 1.18 bits per heavy atom. The number of aryl methyl sites for hydroxylation is 1. The van der Waals surface area contributed by atoms with Gasteiger partial charge in [0.25, 0.3) is 5.89 Å². The van der Waals surface area contributed by atoms with Crippen LogP contribution in [-0.2, 0) is 6.61 Å². The van der Waals surface area contributed by atoms with Gasteiger partial charge in [0.05, 0.1) is 5.56 Å². The number of hydrogen-bond donors (Lipinski definition) is 0. The molecule has 1 aromatic heterocycles. The van der Waals surface area contributed by atoms with Crippen molar-refractivity contribution < 1.29 is 14.1 Å². The zero-order valence-electron chi connectivity index (χ0n) is 12.0. The molecule has 5 nitrogen and oxygen atoms in total. The number of nitrogens with zero attached hydrogens (tertiary/aromatic N) is 2. The predicted octanol–water partition coefficient (Wildman–Crippen LogP) is 3.44. The van der Waals surface area contributed by atoms with Crippen molar-refractivity contribution in [3.05, 3.63) is 65.5 Å². The smallest absolute Gasteiger partial charge is 0.264 e. The molecule has 0 aliphatic rings. The third-order valence-corrected chi connectivity index (χ3v) is 3.14. The Morgan fingerprint density at radius 3 is 2.86 bits per heavy atom. The molecule has 0 unspecified atom stereocenters. The summed E-state index contributed by atoms with van der Waals surface area (Å²) in [6.45, 7) is 2.12. The maximum atomic E-state index is 10.9. The van der Waals surface area contributed by atoms with E-state index in [-0.39, 0.29) is 6.61 Å². The zero-order chi connectivity index (χ0) is 15.4. The first-order valence-corrected chi connectivity index (χ1v) is 6.83. The van der Waals surface area contributed by atoms with Crippen molar-refractivity contribution in [2.45, 2.75) is 13.5 Å². The number of para-hydroxylation sites is 1. The Kier molecular flexibility index (Phi) is 3.96. The third kappa shape index (κ3) is 3.03. The lowest BCUT2D eigenvalue weighted by Gasteiger charge is -2.04. The SMILES string of the molecule is Cc1cccc(-c2noc(COc3ccccc3C=O)n2)c1. The molecule has 0 atom stereocenters. The fourth-order valence-electron chi connectivity index (χ4n) is 2.06. The Hall–Kier alpha value is -2.95. The number of aldehydes is 1. The van der Waals surface area contributed by atoms with Crippen molar-refractivity contribution in [3.63, 3.8) is 0 Å². The van der Waals surface area contributed by atoms with Gasteiger partial charge in [0.2, 0.25) is 5.82 Å². The van der Waals surface area contributed by atoms with Crippen LogP contribution >= 0.6 is 0 Å². The van der Waals surface area contributed by atoms with E-state index in [1.54, 1.807) is 24.3 Å². The molecule has 0 saturated carbocycles. The Bertz CT molecular complexity index is 796. The summed E-state index contributed by atoms with van der Waals surface area (Å²) >= 11 is 0. The molecule has 0 amide bonds. The van der Waals surface area contributed by atoms with Gasteiger partial charge in [0.1, 0.15) is 5.75 Å². The molecule has 3 aromatic rings. The van der Waals surface area contributed by atoms with Crippen molar-refractivity contribution in [2.75, 3.05) is 0 Å². The zero-order valence-corrected chi connectivity index (χ0v) is 12.0. The molecule has 0 N–H and O–H groups in total. The summed E-state index contributed by atoms with van der Waals surface area (Å²) in [4.78, 5) is 15.2. The molecule has 110 valence electrons. The number of benzene rings is 2. The second kappa shape index (κ2) is 6.22.